The second-order valence-corrected chi connectivity index (χ2v) is 5.60. The molecule has 0 saturated carbocycles. The summed E-state index contributed by atoms with van der Waals surface area (Å²) in [5, 5.41) is 9.39. The van der Waals surface area contributed by atoms with Gasteiger partial charge in [-0.05, 0) is 26.3 Å². The molecule has 4 nitrogen and oxygen atoms in total. The number of hydrogen-bond acceptors (Lipinski definition) is 3. The highest BCUT2D eigenvalue weighted by molar-refractivity contribution is 5.85. The van der Waals surface area contributed by atoms with Crippen molar-refractivity contribution < 1.29 is 14.6 Å². The minimum absolute atomic E-state index is 0.0369. The summed E-state index contributed by atoms with van der Waals surface area (Å²) >= 11 is 0. The molecule has 1 aliphatic rings. The molecule has 1 aromatic carbocycles. The van der Waals surface area contributed by atoms with Gasteiger partial charge in [0.2, 0.25) is 5.91 Å². The lowest BCUT2D eigenvalue weighted by atomic mass is 9.90. The van der Waals surface area contributed by atoms with E-state index in [1.54, 1.807) is 11.9 Å². The van der Waals surface area contributed by atoms with E-state index in [9.17, 15) is 9.90 Å². The van der Waals surface area contributed by atoms with E-state index in [0.717, 1.165) is 11.3 Å². The van der Waals surface area contributed by atoms with Crippen molar-refractivity contribution >= 4 is 5.91 Å². The molecule has 1 aromatic rings. The predicted molar refractivity (Wildman–Crippen MR) is 73.2 cm³/mol. The number of carbonyl (C=O) groups excluding carboxylic acids is 1. The molecule has 0 aliphatic carbocycles. The van der Waals surface area contributed by atoms with E-state index in [4.69, 9.17) is 4.74 Å². The molecule has 0 radical (unpaired) electrons. The SMILES string of the molecule is CN(C(=O)C1CCOc2ccccc21)C(C)(C)CO. The standard InChI is InChI=1S/C15H21NO3/c1-15(2,10-17)16(3)14(18)12-8-9-19-13-7-5-4-6-11(12)13/h4-7,12,17H,8-10H2,1-3H3. The van der Waals surface area contributed by atoms with Crippen LogP contribution < -0.4 is 4.74 Å². The van der Waals surface area contributed by atoms with Crippen molar-refractivity contribution in [2.75, 3.05) is 20.3 Å². The summed E-state index contributed by atoms with van der Waals surface area (Å²) < 4.78 is 5.58. The van der Waals surface area contributed by atoms with Gasteiger partial charge in [-0.3, -0.25) is 4.79 Å². The first kappa shape index (κ1) is 13.9. The predicted octanol–water partition coefficient (Wildman–Crippen LogP) is 1.78. The number of ether oxygens (including phenoxy) is 1. The van der Waals surface area contributed by atoms with Crippen LogP contribution in [0.3, 0.4) is 0 Å². The van der Waals surface area contributed by atoms with Crippen molar-refractivity contribution in [1.82, 2.24) is 4.90 Å². The molecule has 1 N–H and O–H groups in total. The summed E-state index contributed by atoms with van der Waals surface area (Å²) in [6.07, 6.45) is 0.682. The molecule has 1 heterocycles. The minimum atomic E-state index is -0.551. The fourth-order valence-corrected chi connectivity index (χ4v) is 2.24. The van der Waals surface area contributed by atoms with Gasteiger partial charge in [0.15, 0.2) is 0 Å². The number of amides is 1. The van der Waals surface area contributed by atoms with Gasteiger partial charge in [-0.15, -0.1) is 0 Å². The third-order valence-corrected chi connectivity index (χ3v) is 3.88. The highest BCUT2D eigenvalue weighted by atomic mass is 16.5. The third kappa shape index (κ3) is 2.59. The van der Waals surface area contributed by atoms with Gasteiger partial charge in [-0.1, -0.05) is 18.2 Å². The number of aliphatic hydroxyl groups is 1. The van der Waals surface area contributed by atoms with Crippen molar-refractivity contribution in [3.05, 3.63) is 29.8 Å². The van der Waals surface area contributed by atoms with Gasteiger partial charge in [0.05, 0.1) is 24.7 Å². The summed E-state index contributed by atoms with van der Waals surface area (Å²) in [6, 6.07) is 7.67. The first-order valence-electron chi connectivity index (χ1n) is 6.57. The lowest BCUT2D eigenvalue weighted by Gasteiger charge is -2.37. The average molecular weight is 263 g/mol. The highest BCUT2D eigenvalue weighted by Gasteiger charge is 2.35. The van der Waals surface area contributed by atoms with Gasteiger partial charge >= 0.3 is 0 Å². The lowest BCUT2D eigenvalue weighted by Crippen LogP contribution is -2.49. The van der Waals surface area contributed by atoms with Crippen LogP contribution in [0.1, 0.15) is 31.7 Å². The number of carbonyl (C=O) groups is 1. The Balaban J connectivity index is 2.26. The zero-order valence-electron chi connectivity index (χ0n) is 11.7. The fourth-order valence-electron chi connectivity index (χ4n) is 2.24. The maximum atomic E-state index is 12.6. The number of rotatable bonds is 3. The summed E-state index contributed by atoms with van der Waals surface area (Å²) in [4.78, 5) is 14.3. The molecule has 19 heavy (non-hydrogen) atoms. The Morgan fingerprint density at radius 2 is 2.16 bits per heavy atom. The van der Waals surface area contributed by atoms with E-state index >= 15 is 0 Å². The summed E-state index contributed by atoms with van der Waals surface area (Å²) in [6.45, 7) is 4.22. The smallest absolute Gasteiger partial charge is 0.230 e. The van der Waals surface area contributed by atoms with E-state index in [1.165, 1.54) is 0 Å². The van der Waals surface area contributed by atoms with Crippen LogP contribution >= 0.6 is 0 Å². The number of nitrogens with zero attached hydrogens (tertiary/aromatic N) is 1. The first-order chi connectivity index (χ1) is 8.97. The van der Waals surface area contributed by atoms with Crippen molar-refractivity contribution in [3.8, 4) is 5.75 Å². The Morgan fingerprint density at radius 1 is 1.47 bits per heavy atom. The number of benzene rings is 1. The molecule has 4 heteroatoms. The number of para-hydroxylation sites is 1. The molecule has 1 atom stereocenters. The van der Waals surface area contributed by atoms with Gasteiger partial charge in [0.25, 0.3) is 0 Å². The number of hydrogen-bond donors (Lipinski definition) is 1. The molecule has 0 saturated heterocycles. The largest absolute Gasteiger partial charge is 0.493 e. The van der Waals surface area contributed by atoms with E-state index in [1.807, 2.05) is 38.1 Å². The number of fused-ring (bicyclic) bond motifs is 1. The van der Waals surface area contributed by atoms with Crippen LogP contribution in [-0.4, -0.2) is 41.7 Å². The Kier molecular flexibility index (Phi) is 3.80. The van der Waals surface area contributed by atoms with Gasteiger partial charge < -0.3 is 14.7 Å². The maximum absolute atomic E-state index is 12.6. The van der Waals surface area contributed by atoms with Crippen LogP contribution in [0.2, 0.25) is 0 Å². The molecule has 0 spiro atoms. The number of aliphatic hydroxyl groups excluding tert-OH is 1. The molecule has 0 bridgehead atoms. The van der Waals surface area contributed by atoms with Crippen LogP contribution in [0.4, 0.5) is 0 Å². The van der Waals surface area contributed by atoms with Crippen molar-refractivity contribution in [3.63, 3.8) is 0 Å². The molecule has 1 unspecified atom stereocenters. The summed E-state index contributed by atoms with van der Waals surface area (Å²) in [5.74, 6) is 0.651. The van der Waals surface area contributed by atoms with Crippen LogP contribution in [-0.2, 0) is 4.79 Å². The van der Waals surface area contributed by atoms with Gasteiger partial charge in [0.1, 0.15) is 5.75 Å². The Hall–Kier alpha value is -1.55. The van der Waals surface area contributed by atoms with Crippen LogP contribution in [0.5, 0.6) is 5.75 Å². The summed E-state index contributed by atoms with van der Waals surface area (Å²) in [5.41, 5.74) is 0.393. The zero-order valence-corrected chi connectivity index (χ0v) is 11.7. The van der Waals surface area contributed by atoms with E-state index in [0.29, 0.717) is 13.0 Å². The van der Waals surface area contributed by atoms with E-state index < -0.39 is 5.54 Å². The molecule has 0 aromatic heterocycles. The summed E-state index contributed by atoms with van der Waals surface area (Å²) in [7, 11) is 1.75. The van der Waals surface area contributed by atoms with Gasteiger partial charge in [0, 0.05) is 12.6 Å². The van der Waals surface area contributed by atoms with E-state index in [-0.39, 0.29) is 18.4 Å². The minimum Gasteiger partial charge on any atom is -0.493 e. The molecule has 1 amide bonds. The van der Waals surface area contributed by atoms with Gasteiger partial charge in [-0.25, -0.2) is 0 Å². The van der Waals surface area contributed by atoms with Crippen molar-refractivity contribution in [1.29, 1.82) is 0 Å². The molecule has 0 fully saturated rings. The Labute approximate surface area is 114 Å². The fraction of sp³-hybridized carbons (Fsp3) is 0.533. The molecule has 104 valence electrons. The molecular formula is C15H21NO3. The zero-order chi connectivity index (χ0) is 14.0. The molecule has 1 aliphatic heterocycles. The second-order valence-electron chi connectivity index (χ2n) is 5.60. The third-order valence-electron chi connectivity index (χ3n) is 3.88. The second kappa shape index (κ2) is 5.21. The molecule has 2 rings (SSSR count). The van der Waals surface area contributed by atoms with E-state index in [2.05, 4.69) is 0 Å². The first-order valence-corrected chi connectivity index (χ1v) is 6.57. The van der Waals surface area contributed by atoms with Crippen LogP contribution in [0.25, 0.3) is 0 Å². The normalized spacial score (nSPS) is 18.4. The monoisotopic (exact) mass is 263 g/mol. The van der Waals surface area contributed by atoms with Gasteiger partial charge in [-0.2, -0.15) is 0 Å². The number of likely N-dealkylation sites (N-methyl/N-ethyl adjacent to an activating group) is 1. The Bertz CT molecular complexity index is 470. The van der Waals surface area contributed by atoms with Crippen molar-refractivity contribution in [2.45, 2.75) is 31.7 Å². The lowest BCUT2D eigenvalue weighted by molar-refractivity contribution is -0.138. The molecular weight excluding hydrogens is 242 g/mol. The topological polar surface area (TPSA) is 49.8 Å². The maximum Gasteiger partial charge on any atom is 0.230 e. The highest BCUT2D eigenvalue weighted by Crippen LogP contribution is 2.35. The quantitative estimate of drug-likeness (QED) is 0.904. The van der Waals surface area contributed by atoms with Crippen LogP contribution in [0, 0.1) is 0 Å². The van der Waals surface area contributed by atoms with Crippen molar-refractivity contribution in [2.24, 2.45) is 0 Å². The van der Waals surface area contributed by atoms with Crippen LogP contribution in [0.15, 0.2) is 24.3 Å². The average Bonchev–Trinajstić information content (AvgIpc) is 2.45. The Morgan fingerprint density at radius 3 is 2.84 bits per heavy atom.